The van der Waals surface area contributed by atoms with Gasteiger partial charge >= 0.3 is 0 Å². The zero-order valence-electron chi connectivity index (χ0n) is 8.23. The second-order valence-electron chi connectivity index (χ2n) is 2.99. The molecule has 0 unspecified atom stereocenters. The fourth-order valence-electron chi connectivity index (χ4n) is 1.08. The Morgan fingerprint density at radius 2 is 2.20 bits per heavy atom. The van der Waals surface area contributed by atoms with Crippen molar-refractivity contribution in [2.24, 2.45) is 0 Å². The molecule has 0 spiro atoms. The Bertz CT molecular complexity index is 453. The molecule has 0 saturated carbocycles. The van der Waals surface area contributed by atoms with Gasteiger partial charge in [0.05, 0.1) is 22.6 Å². The Morgan fingerprint density at radius 1 is 1.40 bits per heavy atom. The van der Waals surface area contributed by atoms with Gasteiger partial charge in [-0.2, -0.15) is 0 Å². The molecule has 1 aromatic heterocycles. The lowest BCUT2D eigenvalue weighted by Gasteiger charge is -2.05. The first-order chi connectivity index (χ1) is 7.25. The van der Waals surface area contributed by atoms with Crippen molar-refractivity contribution in [2.45, 2.75) is 11.1 Å². The topological polar surface area (TPSA) is 50.9 Å². The maximum atomic E-state index is 5.80. The van der Waals surface area contributed by atoms with Crippen molar-refractivity contribution in [3.63, 3.8) is 0 Å². The first kappa shape index (κ1) is 10.3. The van der Waals surface area contributed by atoms with Crippen molar-refractivity contribution in [1.82, 2.24) is 4.98 Å². The summed E-state index contributed by atoms with van der Waals surface area (Å²) >= 11 is 3.20. The van der Waals surface area contributed by atoms with E-state index in [1.165, 1.54) is 11.9 Å². The van der Waals surface area contributed by atoms with E-state index in [1.54, 1.807) is 11.3 Å². The number of thiazole rings is 1. The van der Waals surface area contributed by atoms with E-state index >= 15 is 0 Å². The van der Waals surface area contributed by atoms with Crippen LogP contribution in [0.4, 0.5) is 11.4 Å². The van der Waals surface area contributed by atoms with Gasteiger partial charge in [-0.1, -0.05) is 12.1 Å². The third kappa shape index (κ3) is 2.64. The quantitative estimate of drug-likeness (QED) is 0.636. The van der Waals surface area contributed by atoms with Gasteiger partial charge in [-0.15, -0.1) is 11.3 Å². The van der Waals surface area contributed by atoms with Crippen LogP contribution in [-0.4, -0.2) is 4.98 Å². The Kier molecular flexibility index (Phi) is 3.13. The van der Waals surface area contributed by atoms with E-state index < -0.39 is 0 Å². The van der Waals surface area contributed by atoms with E-state index in [2.05, 4.69) is 9.71 Å². The first-order valence-corrected chi connectivity index (χ1v) is 6.09. The van der Waals surface area contributed by atoms with E-state index in [4.69, 9.17) is 5.73 Å². The Labute approximate surface area is 96.9 Å². The van der Waals surface area contributed by atoms with Gasteiger partial charge in [-0.05, 0) is 31.0 Å². The number of aromatic nitrogens is 1. The van der Waals surface area contributed by atoms with Gasteiger partial charge in [0, 0.05) is 0 Å². The largest absolute Gasteiger partial charge is 0.397 e. The van der Waals surface area contributed by atoms with Crippen LogP contribution in [0.2, 0.25) is 0 Å². The van der Waals surface area contributed by atoms with Gasteiger partial charge in [0.25, 0.3) is 0 Å². The molecule has 0 atom stereocenters. The van der Waals surface area contributed by atoms with Crippen molar-refractivity contribution in [3.8, 4) is 0 Å². The molecule has 3 nitrogen and oxygen atoms in total. The van der Waals surface area contributed by atoms with Gasteiger partial charge in [0.2, 0.25) is 0 Å². The average molecular weight is 237 g/mol. The van der Waals surface area contributed by atoms with Crippen LogP contribution in [-0.2, 0) is 0 Å². The standard InChI is InChI=1S/C10H11N3S2/c1-7-12-6-10(14-7)15-13-9-5-3-2-4-8(9)11/h2-6,13H,11H2,1H3. The van der Waals surface area contributed by atoms with Crippen LogP contribution in [0.5, 0.6) is 0 Å². The lowest BCUT2D eigenvalue weighted by atomic mass is 10.3. The molecule has 15 heavy (non-hydrogen) atoms. The van der Waals surface area contributed by atoms with E-state index in [9.17, 15) is 0 Å². The predicted octanol–water partition coefficient (Wildman–Crippen LogP) is 3.15. The molecule has 2 aromatic rings. The third-order valence-corrected chi connectivity index (χ3v) is 3.66. The van der Waals surface area contributed by atoms with Gasteiger partial charge < -0.3 is 10.5 Å². The number of para-hydroxylation sites is 2. The number of nitrogens with two attached hydrogens (primary N) is 1. The van der Waals surface area contributed by atoms with Crippen LogP contribution in [0.25, 0.3) is 0 Å². The molecule has 0 saturated heterocycles. The molecule has 0 aliphatic rings. The predicted molar refractivity (Wildman–Crippen MR) is 67.2 cm³/mol. The minimum Gasteiger partial charge on any atom is -0.397 e. The molecule has 0 radical (unpaired) electrons. The molecule has 0 fully saturated rings. The summed E-state index contributed by atoms with van der Waals surface area (Å²) in [6.07, 6.45) is 1.86. The Hall–Kier alpha value is -1.20. The highest BCUT2D eigenvalue weighted by atomic mass is 32.2. The maximum absolute atomic E-state index is 5.80. The van der Waals surface area contributed by atoms with Crippen molar-refractivity contribution in [2.75, 3.05) is 10.5 Å². The number of aryl methyl sites for hydroxylation is 1. The number of nitrogen functional groups attached to an aromatic ring is 1. The SMILES string of the molecule is Cc1ncc(SNc2ccccc2N)s1. The van der Waals surface area contributed by atoms with Crippen molar-refractivity contribution in [1.29, 1.82) is 0 Å². The fourth-order valence-corrected chi connectivity index (χ4v) is 2.74. The second-order valence-corrected chi connectivity index (χ2v) is 5.33. The molecular weight excluding hydrogens is 226 g/mol. The van der Waals surface area contributed by atoms with Crippen LogP contribution >= 0.6 is 23.3 Å². The molecule has 0 bridgehead atoms. The summed E-state index contributed by atoms with van der Waals surface area (Å²) in [5.41, 5.74) is 7.50. The van der Waals surface area contributed by atoms with E-state index in [0.717, 1.165) is 20.6 Å². The normalized spacial score (nSPS) is 10.2. The van der Waals surface area contributed by atoms with E-state index in [1.807, 2.05) is 37.4 Å². The molecule has 1 aromatic carbocycles. The van der Waals surface area contributed by atoms with Crippen LogP contribution in [0.3, 0.4) is 0 Å². The highest BCUT2D eigenvalue weighted by molar-refractivity contribution is 8.02. The van der Waals surface area contributed by atoms with Crippen molar-refractivity contribution < 1.29 is 0 Å². The molecule has 3 N–H and O–H groups in total. The van der Waals surface area contributed by atoms with Gasteiger partial charge in [0.15, 0.2) is 0 Å². The summed E-state index contributed by atoms with van der Waals surface area (Å²) in [6.45, 7) is 1.99. The average Bonchev–Trinajstić information content (AvgIpc) is 2.63. The Morgan fingerprint density at radius 3 is 2.87 bits per heavy atom. The van der Waals surface area contributed by atoms with E-state index in [0.29, 0.717) is 0 Å². The zero-order chi connectivity index (χ0) is 10.7. The molecule has 2 rings (SSSR count). The molecule has 0 aliphatic carbocycles. The second kappa shape index (κ2) is 4.55. The first-order valence-electron chi connectivity index (χ1n) is 4.45. The summed E-state index contributed by atoms with van der Waals surface area (Å²) in [7, 11) is 0. The van der Waals surface area contributed by atoms with Crippen LogP contribution in [0.1, 0.15) is 5.01 Å². The zero-order valence-corrected chi connectivity index (χ0v) is 9.86. The summed E-state index contributed by atoms with van der Waals surface area (Å²) in [5, 5.41) is 1.07. The highest BCUT2D eigenvalue weighted by Crippen LogP contribution is 2.28. The lowest BCUT2D eigenvalue weighted by Crippen LogP contribution is -1.92. The Balaban J connectivity index is 2.02. The number of rotatable bonds is 3. The van der Waals surface area contributed by atoms with Gasteiger partial charge in [-0.25, -0.2) is 4.98 Å². The number of hydrogen-bond acceptors (Lipinski definition) is 5. The molecule has 5 heteroatoms. The summed E-state index contributed by atoms with van der Waals surface area (Å²) < 4.78 is 4.34. The van der Waals surface area contributed by atoms with Gasteiger partial charge in [0.1, 0.15) is 4.21 Å². The minimum atomic E-state index is 0.756. The van der Waals surface area contributed by atoms with Crippen LogP contribution in [0.15, 0.2) is 34.7 Å². The number of hydrogen-bond donors (Lipinski definition) is 2. The number of anilines is 2. The number of nitrogens with one attached hydrogen (secondary N) is 1. The monoisotopic (exact) mass is 237 g/mol. The molecular formula is C10H11N3S2. The van der Waals surface area contributed by atoms with Crippen LogP contribution in [0, 0.1) is 6.92 Å². The molecule has 0 amide bonds. The molecule has 78 valence electrons. The summed E-state index contributed by atoms with van der Waals surface area (Å²) in [4.78, 5) is 4.18. The van der Waals surface area contributed by atoms with Crippen LogP contribution < -0.4 is 10.5 Å². The number of benzene rings is 1. The van der Waals surface area contributed by atoms with Crippen molar-refractivity contribution >= 4 is 34.7 Å². The smallest absolute Gasteiger partial charge is 0.101 e. The van der Waals surface area contributed by atoms with Gasteiger partial charge in [-0.3, -0.25) is 0 Å². The molecule has 0 aliphatic heterocycles. The van der Waals surface area contributed by atoms with Crippen molar-refractivity contribution in [3.05, 3.63) is 35.5 Å². The summed E-state index contributed by atoms with van der Waals surface area (Å²) in [5.74, 6) is 0. The van der Waals surface area contributed by atoms with E-state index in [-0.39, 0.29) is 0 Å². The minimum absolute atomic E-state index is 0.756. The fraction of sp³-hybridized carbons (Fsp3) is 0.100. The lowest BCUT2D eigenvalue weighted by molar-refractivity contribution is 1.28. The maximum Gasteiger partial charge on any atom is 0.101 e. The number of nitrogens with zero attached hydrogens (tertiary/aromatic N) is 1. The third-order valence-electron chi connectivity index (χ3n) is 1.82. The summed E-state index contributed by atoms with van der Waals surface area (Å²) in [6, 6.07) is 7.70. The molecule has 1 heterocycles. The highest BCUT2D eigenvalue weighted by Gasteiger charge is 2.00.